The largest absolute Gasteiger partial charge is 0.504 e. The van der Waals surface area contributed by atoms with Gasteiger partial charge in [0.25, 0.3) is 0 Å². The van der Waals surface area contributed by atoms with E-state index in [1.54, 1.807) is 20.8 Å². The Morgan fingerprint density at radius 1 is 0.303 bits per heavy atom. The second-order valence-corrected chi connectivity index (χ2v) is 29.3. The number of aliphatic hydroxyl groups excluding tert-OH is 2. The van der Waals surface area contributed by atoms with Gasteiger partial charge < -0.3 is 97.7 Å². The normalized spacial score (nSPS) is 12.7. The minimum Gasteiger partial charge on any atom is -0.504 e. The Kier molecular flexibility index (Phi) is 20.6. The average molecular weight is 1630 g/mol. The molecular weight excluding hydrogens is 1540 g/mol. The van der Waals surface area contributed by atoms with Crippen LogP contribution < -0.4 is 89.4 Å². The maximum Gasteiger partial charge on any atom is 0.194 e. The molecule has 15 aromatic carbocycles. The van der Waals surface area contributed by atoms with Crippen molar-refractivity contribution in [2.45, 2.75) is 85.9 Å². The Morgan fingerprint density at radius 3 is 0.765 bits per heavy atom. The number of hydrogen-bond donors (Lipinski definition) is 8. The Bertz CT molecular complexity index is 7090. The number of aromatic hydroxyl groups is 6. The molecule has 0 aliphatic heterocycles. The molecule has 0 saturated carbocycles. The van der Waals surface area contributed by atoms with Gasteiger partial charge in [-0.3, -0.25) is 43.2 Å². The number of ether oxygens (including phenoxy) is 12. The molecule has 29 heteroatoms. The lowest BCUT2D eigenvalue weighted by molar-refractivity contribution is -0.117. The van der Waals surface area contributed by atoms with Crippen LogP contribution in [0.15, 0.2) is 70.7 Å². The van der Waals surface area contributed by atoms with Gasteiger partial charge in [-0.15, -0.1) is 0 Å². The molecule has 0 bridgehead atoms. The second-order valence-electron chi connectivity index (χ2n) is 29.3. The van der Waals surface area contributed by atoms with Crippen molar-refractivity contribution in [3.8, 4) is 103 Å². The number of phenolic OH excluding ortho intramolecular Hbond substituents is 6. The molecule has 0 aromatic heterocycles. The Hall–Kier alpha value is -13.9. The van der Waals surface area contributed by atoms with Crippen LogP contribution in [0.4, 0.5) is 0 Å². The summed E-state index contributed by atoms with van der Waals surface area (Å²) < 4.78 is 67.5. The van der Waals surface area contributed by atoms with E-state index in [2.05, 4.69) is 0 Å². The molecular formula is C90H80O29. The minimum absolute atomic E-state index is 0.00428. The number of Topliss-reactive ketones (excluding diaryl/α,β-unsaturated/α-hetero) is 3. The third-order valence-corrected chi connectivity index (χ3v) is 22.5. The van der Waals surface area contributed by atoms with Crippen LogP contribution in [0, 0.1) is 0 Å². The Balaban J connectivity index is 0.000000146. The number of aliphatic hydroxyl groups is 2. The van der Waals surface area contributed by atoms with Crippen LogP contribution in [0.3, 0.4) is 0 Å². The van der Waals surface area contributed by atoms with Crippen LogP contribution in [-0.4, -0.2) is 156 Å². The van der Waals surface area contributed by atoms with Crippen LogP contribution in [0.5, 0.6) is 103 Å². The first-order valence-corrected chi connectivity index (χ1v) is 37.1. The van der Waals surface area contributed by atoms with Crippen molar-refractivity contribution in [2.24, 2.45) is 0 Å². The van der Waals surface area contributed by atoms with Gasteiger partial charge in [0.05, 0.1) is 130 Å². The quantitative estimate of drug-likeness (QED) is 0.0245. The zero-order chi connectivity index (χ0) is 86.5. The molecule has 0 radical (unpaired) electrons. The molecule has 0 heterocycles. The van der Waals surface area contributed by atoms with Crippen LogP contribution in [-0.2, 0) is 46.5 Å². The molecule has 0 spiro atoms. The smallest absolute Gasteiger partial charge is 0.194 e. The fourth-order valence-corrected chi connectivity index (χ4v) is 18.4. The van der Waals surface area contributed by atoms with Crippen LogP contribution in [0.25, 0.3) is 135 Å². The van der Waals surface area contributed by atoms with E-state index in [0.717, 1.165) is 0 Å². The molecule has 1 aliphatic rings. The van der Waals surface area contributed by atoms with Gasteiger partial charge in [-0.1, -0.05) is 5.57 Å². The van der Waals surface area contributed by atoms with Crippen molar-refractivity contribution in [3.63, 3.8) is 0 Å². The van der Waals surface area contributed by atoms with E-state index in [0.29, 0.717) is 103 Å². The van der Waals surface area contributed by atoms with Crippen LogP contribution in [0.1, 0.15) is 74.9 Å². The molecule has 0 saturated heterocycles. The first-order valence-electron chi connectivity index (χ1n) is 37.1. The second kappa shape index (κ2) is 30.0. The van der Waals surface area contributed by atoms with Crippen LogP contribution in [0.2, 0.25) is 0 Å². The van der Waals surface area contributed by atoms with E-state index in [4.69, 9.17) is 56.8 Å². The third-order valence-electron chi connectivity index (χ3n) is 22.5. The highest BCUT2D eigenvalue weighted by atomic mass is 16.5. The molecule has 119 heavy (non-hydrogen) atoms. The molecule has 2 unspecified atom stereocenters. The maximum atomic E-state index is 13.5. The van der Waals surface area contributed by atoms with Crippen molar-refractivity contribution >= 4 is 152 Å². The van der Waals surface area contributed by atoms with Gasteiger partial charge in [-0.05, 0) is 74.9 Å². The van der Waals surface area contributed by atoms with Gasteiger partial charge in [-0.2, -0.15) is 0 Å². The summed E-state index contributed by atoms with van der Waals surface area (Å²) in [6.45, 7) is 9.03. The molecule has 29 nitrogen and oxygen atoms in total. The topological polar surface area (TPSA) is 426 Å². The summed E-state index contributed by atoms with van der Waals surface area (Å²) in [7, 11) is 16.3. The standard InChI is InChI=1S/C30H30O10.C30H26O10.C30H24O9/c2*1-11(31)7-13-19-20-14(8-12(2)32)30(40-6)28(36)22-16(34)10-18(38-4)24(26(20)22)23-17(37-3)9-15(33)21(25(19)23)27(35)29(13)39-5;1-10-7-12-18-23-19(27(34)29(12)38-5)13(32)8-15(36-3)21(23)22-16(37-4)9-14(33)20-25(22)24(18)26(17(10)11(2)31)30(39-6)28(20)35/h9-12,31-32,35-36H,7-8H2,1-6H3;9-10,35-36H,7-8H2,1-6H3;8-9,34-35H,7H2,1-6H3. The summed E-state index contributed by atoms with van der Waals surface area (Å²) >= 11 is 0. The molecule has 2 atom stereocenters. The highest BCUT2D eigenvalue weighted by Crippen LogP contribution is 2.61. The van der Waals surface area contributed by atoms with Crippen molar-refractivity contribution in [3.05, 3.63) is 137 Å². The van der Waals surface area contributed by atoms with E-state index < -0.39 is 73.5 Å². The van der Waals surface area contributed by atoms with E-state index in [9.17, 15) is 84.0 Å². The number of fused-ring (bicyclic) bond motifs is 5. The van der Waals surface area contributed by atoms with Gasteiger partial charge in [0.2, 0.25) is 0 Å². The van der Waals surface area contributed by atoms with Gasteiger partial charge in [0, 0.05) is 171 Å². The van der Waals surface area contributed by atoms with E-state index >= 15 is 0 Å². The number of ketones is 3. The summed E-state index contributed by atoms with van der Waals surface area (Å²) in [4.78, 5) is 119. The maximum absolute atomic E-state index is 13.5. The van der Waals surface area contributed by atoms with E-state index in [-0.39, 0.29) is 195 Å². The van der Waals surface area contributed by atoms with Gasteiger partial charge in [0.1, 0.15) is 46.1 Å². The van der Waals surface area contributed by atoms with Crippen molar-refractivity contribution < 1.29 is 112 Å². The summed E-state index contributed by atoms with van der Waals surface area (Å²) in [5, 5.41) is 95.2. The Morgan fingerprint density at radius 2 is 0.529 bits per heavy atom. The number of hydrogen-bond acceptors (Lipinski definition) is 29. The van der Waals surface area contributed by atoms with E-state index in [1.165, 1.54) is 142 Å². The predicted molar refractivity (Wildman–Crippen MR) is 449 cm³/mol. The Labute approximate surface area is 672 Å². The summed E-state index contributed by atoms with van der Waals surface area (Å²) in [5.41, 5.74) is -0.385. The number of rotatable bonds is 21. The molecule has 8 N–H and O–H groups in total. The molecule has 0 amide bonds. The monoisotopic (exact) mass is 1620 g/mol. The fraction of sp³-hybridized carbons (Fsp3) is 0.278. The summed E-state index contributed by atoms with van der Waals surface area (Å²) in [6.07, 6.45) is -2.09. The highest BCUT2D eigenvalue weighted by Gasteiger charge is 2.40. The SMILES string of the molecule is COc1c(O)c2c(=O)cc(OC)c3c4c(OC)cc(=O)c5c(O)c(OC)c(CC(C)=O)c(c(c1CC(C)=O)c23)c54.COc1c(O)c2c(=O)cc(OC)c3c4c(OC)cc(=O)c5c(O)c(OC)c(CC(C)O)c(c(c1CC(C)O)c23)c54.COc1c(O)c2c(=O)cc(OC)c3c4c(OC)cc(=O)c5c(O)c(OC)c6c(c(c1CC(C)=C6C(C)=O)c23)c54. The van der Waals surface area contributed by atoms with Gasteiger partial charge in [0.15, 0.2) is 107 Å². The number of benzene rings is 15. The number of allylic oxidation sites excluding steroid dienone is 2. The first-order chi connectivity index (χ1) is 56.6. The van der Waals surface area contributed by atoms with Crippen molar-refractivity contribution in [1.29, 1.82) is 0 Å². The third kappa shape index (κ3) is 11.6. The lowest BCUT2D eigenvalue weighted by Gasteiger charge is -2.25. The number of carbonyl (C=O) groups excluding carboxylic acids is 3. The molecule has 16 rings (SSSR count). The predicted octanol–water partition coefficient (Wildman–Crippen LogP) is 11.1. The summed E-state index contributed by atoms with van der Waals surface area (Å²) in [6, 6.07) is 7.38. The fourth-order valence-electron chi connectivity index (χ4n) is 18.4. The zero-order valence-electron chi connectivity index (χ0n) is 67.8. The molecule has 614 valence electrons. The number of phenols is 6. The lowest BCUT2D eigenvalue weighted by atomic mass is 9.81. The zero-order valence-corrected chi connectivity index (χ0v) is 67.8. The highest BCUT2D eigenvalue weighted by molar-refractivity contribution is 6.44. The first kappa shape index (κ1) is 81.6. The number of carbonyl (C=O) groups is 3. The molecule has 1 aliphatic carbocycles. The van der Waals surface area contributed by atoms with Gasteiger partial charge in [-0.25, -0.2) is 0 Å². The number of methoxy groups -OCH3 is 12. The lowest BCUT2D eigenvalue weighted by Crippen LogP contribution is -2.14. The van der Waals surface area contributed by atoms with Crippen molar-refractivity contribution in [1.82, 2.24) is 0 Å². The van der Waals surface area contributed by atoms with Crippen LogP contribution >= 0.6 is 0 Å². The summed E-state index contributed by atoms with van der Waals surface area (Å²) in [5.74, 6) is -2.67. The molecule has 0 fully saturated rings. The van der Waals surface area contributed by atoms with Crippen molar-refractivity contribution in [2.75, 3.05) is 85.3 Å². The van der Waals surface area contributed by atoms with E-state index in [1.807, 2.05) is 0 Å². The minimum atomic E-state index is -0.903. The average Bonchev–Trinajstić information content (AvgIpc) is 1.59. The molecule has 15 aromatic rings. The van der Waals surface area contributed by atoms with Gasteiger partial charge >= 0.3 is 0 Å².